The summed E-state index contributed by atoms with van der Waals surface area (Å²) >= 11 is 3.37. The van der Waals surface area contributed by atoms with E-state index in [2.05, 4.69) is 28.9 Å². The predicted molar refractivity (Wildman–Crippen MR) is 42.1 cm³/mol. The van der Waals surface area contributed by atoms with Crippen LogP contribution in [0.5, 0.6) is 0 Å². The number of allylic oxidation sites excluding steroid dienone is 4. The van der Waals surface area contributed by atoms with Gasteiger partial charge in [-0.2, -0.15) is 0 Å². The fourth-order valence-corrected chi connectivity index (χ4v) is 1.01. The maximum atomic E-state index is 3.37. The Morgan fingerprint density at radius 1 is 1.62 bits per heavy atom. The Labute approximate surface area is 59.4 Å². The van der Waals surface area contributed by atoms with Crippen LogP contribution >= 0.6 is 15.9 Å². The molecule has 0 aliphatic carbocycles. The van der Waals surface area contributed by atoms with Gasteiger partial charge in [-0.1, -0.05) is 41.1 Å². The van der Waals surface area contributed by atoms with Crippen molar-refractivity contribution in [1.29, 1.82) is 0 Å². The van der Waals surface area contributed by atoms with Crippen LogP contribution < -0.4 is 0 Å². The van der Waals surface area contributed by atoms with Crippen LogP contribution in [0.4, 0.5) is 0 Å². The van der Waals surface area contributed by atoms with E-state index in [1.54, 1.807) is 0 Å². The van der Waals surface area contributed by atoms with Gasteiger partial charge in [0, 0.05) is 4.48 Å². The zero-order valence-corrected chi connectivity index (χ0v) is 6.90. The lowest BCUT2D eigenvalue weighted by atomic mass is 10.4. The summed E-state index contributed by atoms with van der Waals surface area (Å²) in [6.45, 7) is 4.12. The minimum absolute atomic E-state index is 1.09. The highest BCUT2D eigenvalue weighted by Crippen LogP contribution is 2.06. The maximum absolute atomic E-state index is 3.37. The van der Waals surface area contributed by atoms with Crippen molar-refractivity contribution < 1.29 is 0 Å². The molecule has 0 aliphatic rings. The third-order valence-electron chi connectivity index (χ3n) is 0.725. The summed E-state index contributed by atoms with van der Waals surface area (Å²) in [6, 6.07) is 0. The molecule has 0 nitrogen and oxygen atoms in total. The minimum atomic E-state index is 1.09. The Morgan fingerprint density at radius 2 is 2.25 bits per heavy atom. The molecule has 0 atom stereocenters. The number of rotatable bonds is 2. The third-order valence-corrected chi connectivity index (χ3v) is 1.31. The largest absolute Gasteiger partial charge is 0.0866 e. The molecule has 46 valence electrons. The molecule has 0 rings (SSSR count). The summed E-state index contributed by atoms with van der Waals surface area (Å²) < 4.78 is 1.17. The van der Waals surface area contributed by atoms with Crippen molar-refractivity contribution in [3.8, 4) is 0 Å². The second-order valence-electron chi connectivity index (χ2n) is 1.50. The van der Waals surface area contributed by atoms with Crippen molar-refractivity contribution in [2.45, 2.75) is 20.3 Å². The van der Waals surface area contributed by atoms with Crippen LogP contribution in [0.25, 0.3) is 0 Å². The van der Waals surface area contributed by atoms with E-state index in [1.807, 2.05) is 19.1 Å². The number of halogens is 1. The van der Waals surface area contributed by atoms with Crippen molar-refractivity contribution in [3.63, 3.8) is 0 Å². The molecule has 0 heterocycles. The number of hydrogen-bond acceptors (Lipinski definition) is 0. The molecule has 0 saturated heterocycles. The first kappa shape index (κ1) is 7.96. The average molecular weight is 175 g/mol. The van der Waals surface area contributed by atoms with Crippen LogP contribution in [0.15, 0.2) is 22.7 Å². The predicted octanol–water partition coefficient (Wildman–Crippen LogP) is 3.25. The molecule has 1 heteroatoms. The second-order valence-corrected chi connectivity index (χ2v) is 2.41. The molecule has 0 aromatic rings. The van der Waals surface area contributed by atoms with Crippen LogP contribution in [0.2, 0.25) is 0 Å². The first-order valence-corrected chi connectivity index (χ1v) is 3.59. The van der Waals surface area contributed by atoms with Gasteiger partial charge in [0.1, 0.15) is 0 Å². The van der Waals surface area contributed by atoms with Crippen LogP contribution in [0.1, 0.15) is 20.3 Å². The molecule has 0 spiro atoms. The molecule has 0 bridgehead atoms. The Balaban J connectivity index is 3.61. The van der Waals surface area contributed by atoms with E-state index in [-0.39, 0.29) is 0 Å². The number of hydrogen-bond donors (Lipinski definition) is 0. The van der Waals surface area contributed by atoms with E-state index in [9.17, 15) is 0 Å². The zero-order chi connectivity index (χ0) is 6.41. The Kier molecular flexibility index (Phi) is 5.08. The van der Waals surface area contributed by atoms with Crippen molar-refractivity contribution in [3.05, 3.63) is 22.7 Å². The van der Waals surface area contributed by atoms with Gasteiger partial charge in [-0.3, -0.25) is 0 Å². The van der Waals surface area contributed by atoms with Crippen molar-refractivity contribution >= 4 is 15.9 Å². The van der Waals surface area contributed by atoms with E-state index in [1.165, 1.54) is 4.48 Å². The van der Waals surface area contributed by atoms with Crippen LogP contribution in [-0.4, -0.2) is 0 Å². The molecule has 0 fully saturated rings. The smallest absolute Gasteiger partial charge is 0.0131 e. The summed E-state index contributed by atoms with van der Waals surface area (Å²) in [4.78, 5) is 0. The molecule has 0 aromatic carbocycles. The Hall–Kier alpha value is -0.0400. The van der Waals surface area contributed by atoms with E-state index in [4.69, 9.17) is 0 Å². The molecule has 0 saturated carbocycles. The lowest BCUT2D eigenvalue weighted by Crippen LogP contribution is -1.59. The van der Waals surface area contributed by atoms with E-state index >= 15 is 0 Å². The van der Waals surface area contributed by atoms with Gasteiger partial charge in [0.2, 0.25) is 0 Å². The first-order valence-electron chi connectivity index (χ1n) is 2.79. The van der Waals surface area contributed by atoms with Gasteiger partial charge in [0.05, 0.1) is 0 Å². The molecule has 0 amide bonds. The second kappa shape index (κ2) is 5.10. The highest BCUT2D eigenvalue weighted by Gasteiger charge is 1.76. The first-order chi connectivity index (χ1) is 3.81. The van der Waals surface area contributed by atoms with E-state index in [0.717, 1.165) is 6.42 Å². The SMILES string of the molecule is C/C=C\C(Br)=C/CC. The summed E-state index contributed by atoms with van der Waals surface area (Å²) in [5.74, 6) is 0. The fourth-order valence-electron chi connectivity index (χ4n) is 0.422. The molecule has 0 N–H and O–H groups in total. The lowest BCUT2D eigenvalue weighted by molar-refractivity contribution is 1.22. The van der Waals surface area contributed by atoms with Gasteiger partial charge in [-0.05, 0) is 13.3 Å². The van der Waals surface area contributed by atoms with Gasteiger partial charge in [-0.15, -0.1) is 0 Å². The quantitative estimate of drug-likeness (QED) is 0.565. The molecular formula is C7H11Br. The molecule has 0 radical (unpaired) electrons. The third kappa shape index (κ3) is 4.13. The fraction of sp³-hybridized carbons (Fsp3) is 0.429. The summed E-state index contributed by atoms with van der Waals surface area (Å²) in [5, 5.41) is 0. The maximum Gasteiger partial charge on any atom is 0.0131 e. The molecule has 8 heavy (non-hydrogen) atoms. The van der Waals surface area contributed by atoms with Gasteiger partial charge in [-0.25, -0.2) is 0 Å². The minimum Gasteiger partial charge on any atom is -0.0866 e. The van der Waals surface area contributed by atoms with Gasteiger partial charge in [0.25, 0.3) is 0 Å². The standard InChI is InChI=1S/C7H11Br/c1-3-5-7(8)6-4-2/h3,5-6H,4H2,1-2H3/b5-3-,7-6+. The molecule has 0 aromatic heterocycles. The topological polar surface area (TPSA) is 0 Å². The van der Waals surface area contributed by atoms with Crippen molar-refractivity contribution in [2.24, 2.45) is 0 Å². The Bertz CT molecular complexity index is 101. The molecule has 0 unspecified atom stereocenters. The van der Waals surface area contributed by atoms with E-state index in [0.29, 0.717) is 0 Å². The van der Waals surface area contributed by atoms with Crippen LogP contribution in [-0.2, 0) is 0 Å². The average Bonchev–Trinajstić information content (AvgIpc) is 1.68. The summed E-state index contributed by atoms with van der Waals surface area (Å²) in [7, 11) is 0. The van der Waals surface area contributed by atoms with Crippen LogP contribution in [0.3, 0.4) is 0 Å². The van der Waals surface area contributed by atoms with Crippen LogP contribution in [0, 0.1) is 0 Å². The monoisotopic (exact) mass is 174 g/mol. The summed E-state index contributed by atoms with van der Waals surface area (Å²) in [5.41, 5.74) is 0. The van der Waals surface area contributed by atoms with Gasteiger partial charge in [0.15, 0.2) is 0 Å². The van der Waals surface area contributed by atoms with Crippen molar-refractivity contribution in [2.75, 3.05) is 0 Å². The zero-order valence-electron chi connectivity index (χ0n) is 5.32. The van der Waals surface area contributed by atoms with E-state index < -0.39 is 0 Å². The lowest BCUT2D eigenvalue weighted by Gasteiger charge is -1.82. The normalized spacial score (nSPS) is 13.1. The summed E-state index contributed by atoms with van der Waals surface area (Å²) in [6.07, 6.45) is 7.25. The molecular weight excluding hydrogens is 164 g/mol. The van der Waals surface area contributed by atoms with Crippen molar-refractivity contribution in [1.82, 2.24) is 0 Å². The highest BCUT2D eigenvalue weighted by atomic mass is 79.9. The molecule has 0 aliphatic heterocycles. The highest BCUT2D eigenvalue weighted by molar-refractivity contribution is 9.11. The van der Waals surface area contributed by atoms with Gasteiger partial charge >= 0.3 is 0 Å². The Morgan fingerprint density at radius 3 is 2.62 bits per heavy atom. The van der Waals surface area contributed by atoms with Gasteiger partial charge < -0.3 is 0 Å².